The quantitative estimate of drug-likeness (QED) is 0.0491. The Kier molecular flexibility index (Phi) is 16.9. The summed E-state index contributed by atoms with van der Waals surface area (Å²) in [6.07, 6.45) is 15.9. The number of amides is 1. The van der Waals surface area contributed by atoms with Gasteiger partial charge in [-0.05, 0) is 83.5 Å². The van der Waals surface area contributed by atoms with Crippen LogP contribution in [0.1, 0.15) is 117 Å². The fourth-order valence-corrected chi connectivity index (χ4v) is 12.1. The molecule has 4 aliphatic rings. The average molecular weight is 1000 g/mol. The highest BCUT2D eigenvalue weighted by atomic mass is 16.4. The molecule has 0 radical (unpaired) electrons. The molecule has 4 heterocycles. The number of nitrogens with zero attached hydrogens (tertiary/aromatic N) is 5. The lowest BCUT2D eigenvalue weighted by Gasteiger charge is -2.29. The van der Waals surface area contributed by atoms with Crippen molar-refractivity contribution >= 4 is 46.0 Å². The zero-order valence-electron chi connectivity index (χ0n) is 46.8. The fourth-order valence-electron chi connectivity index (χ4n) is 12.1. The molecule has 4 aromatic rings. The zero-order chi connectivity index (χ0) is 53.6. The lowest BCUT2D eigenvalue weighted by molar-refractivity contribution is -0.890. The molecule has 0 bridgehead atoms. The molecule has 392 valence electrons. The van der Waals surface area contributed by atoms with Gasteiger partial charge in [0.2, 0.25) is 17.3 Å². The first-order chi connectivity index (χ1) is 35.1. The number of fused-ring (bicyclic) bond motifs is 4. The minimum atomic E-state index is -0.776. The summed E-state index contributed by atoms with van der Waals surface area (Å²) in [4.78, 5) is 29.0. The molecule has 8 rings (SSSR count). The smallest absolute Gasteiger partial charge is 0.309 e. The second kappa shape index (κ2) is 22.6. The Labute approximate surface area is 443 Å². The van der Waals surface area contributed by atoms with Crippen molar-refractivity contribution < 1.29 is 28.3 Å². The van der Waals surface area contributed by atoms with Crippen LogP contribution in [0.2, 0.25) is 0 Å². The minimum Gasteiger partial charge on any atom is -0.481 e. The summed E-state index contributed by atoms with van der Waals surface area (Å²) >= 11 is 0. The molecule has 0 saturated carbocycles. The van der Waals surface area contributed by atoms with Gasteiger partial charge in [0.15, 0.2) is 24.5 Å². The number of allylic oxidation sites excluding steroid dienone is 8. The van der Waals surface area contributed by atoms with Gasteiger partial charge in [-0.3, -0.25) is 9.59 Å². The van der Waals surface area contributed by atoms with Gasteiger partial charge in [-0.25, -0.2) is 0 Å². The highest BCUT2D eigenvalue weighted by Crippen LogP contribution is 2.49. The summed E-state index contributed by atoms with van der Waals surface area (Å²) in [6, 6.07) is 34.3. The molecule has 10 heteroatoms. The highest BCUT2D eigenvalue weighted by molar-refractivity contribution is 6.04. The molecule has 0 fully saturated rings. The lowest BCUT2D eigenvalue weighted by Crippen LogP contribution is -2.43. The Bertz CT molecular complexity index is 2910. The molecule has 0 saturated heterocycles. The van der Waals surface area contributed by atoms with E-state index in [1.165, 1.54) is 56.4 Å². The van der Waals surface area contributed by atoms with Crippen molar-refractivity contribution in [1.82, 2.24) is 5.32 Å². The maximum Gasteiger partial charge on any atom is 0.309 e. The lowest BCUT2D eigenvalue weighted by atomic mass is 9.81. The fraction of sp³-hybridized carbons (Fsp3) is 0.438. The van der Waals surface area contributed by atoms with Crippen LogP contribution in [0.3, 0.4) is 0 Å². The average Bonchev–Trinajstić information content (AvgIpc) is 3.92. The van der Waals surface area contributed by atoms with Crippen LogP contribution < -0.4 is 20.9 Å². The highest BCUT2D eigenvalue weighted by Gasteiger charge is 2.46. The van der Waals surface area contributed by atoms with E-state index < -0.39 is 5.97 Å². The number of nitrogens with two attached hydrogens (primary N) is 1. The van der Waals surface area contributed by atoms with Crippen LogP contribution in [0.5, 0.6) is 0 Å². The second-order valence-electron chi connectivity index (χ2n) is 23.1. The molecule has 1 amide bonds. The van der Waals surface area contributed by atoms with Crippen molar-refractivity contribution in [2.45, 2.75) is 117 Å². The minimum absolute atomic E-state index is 0.0634. The normalized spacial score (nSPS) is 18.8. The zero-order valence-corrected chi connectivity index (χ0v) is 46.8. The number of benzene rings is 4. The Morgan fingerprint density at radius 2 is 1.00 bits per heavy atom. The van der Waals surface area contributed by atoms with Crippen LogP contribution in [-0.2, 0) is 31.2 Å². The van der Waals surface area contributed by atoms with Crippen molar-refractivity contribution in [2.24, 2.45) is 5.73 Å². The standard InChI is InChI=1S/C36H52N5O.C28H32N2O2/c1-8-39-30-18-11-9-16-28(30)35(2,3)32(39)20-13-21-33-36(4,5)29-17-10-12-19-31(29)40(33)25-22-34(42)38-24-15-27-41(6,7)26-14-23-37;1-6-29-22-14-9-7-12-20(22)27(2,3)24(29)16-11-17-25-28(4,5)21-13-8-10-15-23(21)30(25)19-18-26(31)32/h9-13,16-21H,8,14-15,22-27,37H2,1-7H3;7-17H,6,18-19H2,1-5H3/q+1;/p+2. The first-order valence-corrected chi connectivity index (χ1v) is 27.1. The van der Waals surface area contributed by atoms with Crippen LogP contribution >= 0.6 is 0 Å². The van der Waals surface area contributed by atoms with Gasteiger partial charge in [-0.15, -0.1) is 0 Å². The van der Waals surface area contributed by atoms with Gasteiger partial charge < -0.3 is 30.4 Å². The van der Waals surface area contributed by atoms with Gasteiger partial charge in [-0.1, -0.05) is 113 Å². The van der Waals surface area contributed by atoms with Crippen LogP contribution in [0.4, 0.5) is 22.7 Å². The number of carbonyl (C=O) groups is 2. The number of nitrogens with one attached hydrogen (secondary N) is 1. The number of likely N-dealkylation sites (N-methyl/N-ethyl adjacent to an activating group) is 2. The van der Waals surface area contributed by atoms with E-state index in [1.54, 1.807) is 0 Å². The number of carbonyl (C=O) groups excluding carboxylic acids is 1. The molecule has 10 nitrogen and oxygen atoms in total. The molecule has 4 N–H and O–H groups in total. The molecule has 74 heavy (non-hydrogen) atoms. The van der Waals surface area contributed by atoms with E-state index in [-0.39, 0.29) is 34.0 Å². The molecule has 0 aromatic heterocycles. The topological polar surface area (TPSA) is 105 Å². The monoisotopic (exact) mass is 1000 g/mol. The van der Waals surface area contributed by atoms with Gasteiger partial charge in [0.25, 0.3) is 0 Å². The Morgan fingerprint density at radius 3 is 1.43 bits per heavy atom. The van der Waals surface area contributed by atoms with Crippen molar-refractivity contribution in [1.29, 1.82) is 0 Å². The van der Waals surface area contributed by atoms with E-state index in [1.807, 2.05) is 6.07 Å². The molecule has 0 atom stereocenters. The Hall–Kier alpha value is -6.36. The molecule has 0 spiro atoms. The summed E-state index contributed by atoms with van der Waals surface area (Å²) in [7, 11) is 4.47. The predicted octanol–water partition coefficient (Wildman–Crippen LogP) is 11.4. The van der Waals surface area contributed by atoms with E-state index in [0.717, 1.165) is 61.4 Å². The van der Waals surface area contributed by atoms with Gasteiger partial charge >= 0.3 is 5.97 Å². The van der Waals surface area contributed by atoms with E-state index in [4.69, 9.17) is 5.73 Å². The van der Waals surface area contributed by atoms with Crippen molar-refractivity contribution in [2.75, 3.05) is 76.3 Å². The van der Waals surface area contributed by atoms with E-state index >= 15 is 0 Å². The number of hydrogen-bond acceptors (Lipinski definition) is 5. The maximum atomic E-state index is 12.9. The number of carboxylic acid groups (broad SMARTS) is 1. The Balaban J connectivity index is 0.000000224. The van der Waals surface area contributed by atoms with Gasteiger partial charge in [0, 0.05) is 101 Å². The third-order valence-corrected chi connectivity index (χ3v) is 16.2. The number of carboxylic acids is 1. The first-order valence-electron chi connectivity index (χ1n) is 27.1. The number of para-hydroxylation sites is 4. The van der Waals surface area contributed by atoms with Crippen LogP contribution in [0.15, 0.2) is 145 Å². The largest absolute Gasteiger partial charge is 0.481 e. The van der Waals surface area contributed by atoms with Crippen molar-refractivity contribution in [3.05, 3.63) is 167 Å². The van der Waals surface area contributed by atoms with E-state index in [9.17, 15) is 14.7 Å². The SMILES string of the molecule is CCN1/C(=C/C=C/C2=[N+](CCC(=O)NCCC[N+](C)(C)CCCN)c3ccccc3C2(C)C)C(C)(C)c2ccccc21.CCN1/C(=C/C=C/C2=[N+](CCC(=O)O)c3ccccc3C2(C)C)C(C)(C)c2ccccc21. The van der Waals surface area contributed by atoms with E-state index in [2.05, 4.69) is 235 Å². The molecule has 0 unspecified atom stereocenters. The van der Waals surface area contributed by atoms with E-state index in [0.29, 0.717) is 26.1 Å². The summed E-state index contributed by atoms with van der Waals surface area (Å²) < 4.78 is 5.46. The second-order valence-corrected chi connectivity index (χ2v) is 23.1. The number of anilines is 2. The van der Waals surface area contributed by atoms with Gasteiger partial charge in [0.05, 0.1) is 44.4 Å². The number of quaternary nitrogens is 1. The van der Waals surface area contributed by atoms with Crippen LogP contribution in [0.25, 0.3) is 0 Å². The number of aliphatic carboxylic acids is 1. The molecule has 0 aliphatic carbocycles. The third-order valence-electron chi connectivity index (χ3n) is 16.2. The van der Waals surface area contributed by atoms with Crippen molar-refractivity contribution in [3.63, 3.8) is 0 Å². The summed E-state index contributed by atoms with van der Waals surface area (Å²) in [6.45, 7) is 29.1. The van der Waals surface area contributed by atoms with Gasteiger partial charge in [-0.2, -0.15) is 9.15 Å². The van der Waals surface area contributed by atoms with Gasteiger partial charge in [0.1, 0.15) is 6.42 Å². The molecule has 4 aliphatic heterocycles. The number of hydrogen-bond donors (Lipinski definition) is 3. The van der Waals surface area contributed by atoms with Crippen LogP contribution in [-0.4, -0.2) is 108 Å². The summed E-state index contributed by atoms with van der Waals surface area (Å²) in [5.74, 6) is -0.666. The summed E-state index contributed by atoms with van der Waals surface area (Å²) in [5.41, 5.74) is 20.3. The molecular formula is C64H86N7O3+3. The first kappa shape index (κ1) is 55.4. The predicted molar refractivity (Wildman–Crippen MR) is 308 cm³/mol. The van der Waals surface area contributed by atoms with Crippen LogP contribution in [0, 0.1) is 0 Å². The van der Waals surface area contributed by atoms with Crippen molar-refractivity contribution in [3.8, 4) is 0 Å². The summed E-state index contributed by atoms with van der Waals surface area (Å²) in [5, 5.41) is 12.5. The molecular weight excluding hydrogens is 915 g/mol. The maximum absolute atomic E-state index is 12.9. The third kappa shape index (κ3) is 11.2. The molecule has 4 aromatic carbocycles. The number of rotatable bonds is 19. The Morgan fingerprint density at radius 1 is 0.595 bits per heavy atom.